The van der Waals surface area contributed by atoms with Gasteiger partial charge in [0.05, 0.1) is 6.42 Å². The number of aromatic nitrogens is 2. The molecule has 94 valence electrons. The molecule has 0 spiro atoms. The molecule has 0 aliphatic rings. The number of carbonyl (C=O) groups is 1. The molecule has 1 rings (SSSR count). The van der Waals surface area contributed by atoms with Crippen molar-refractivity contribution in [1.29, 1.82) is 0 Å². The summed E-state index contributed by atoms with van der Waals surface area (Å²) in [5, 5.41) is 1.89. The summed E-state index contributed by atoms with van der Waals surface area (Å²) in [5.74, 6) is -0.524. The van der Waals surface area contributed by atoms with E-state index in [1.165, 1.54) is 0 Å². The topological polar surface area (TPSA) is 54.9 Å². The van der Waals surface area contributed by atoms with Crippen molar-refractivity contribution in [1.82, 2.24) is 15.3 Å². The highest BCUT2D eigenvalue weighted by Crippen LogP contribution is 2.30. The van der Waals surface area contributed by atoms with Gasteiger partial charge in [-0.15, -0.1) is 0 Å². The molecule has 0 radical (unpaired) electrons. The first kappa shape index (κ1) is 13.7. The number of hydrogen-bond donors (Lipinski definition) is 1. The first-order valence-corrected chi connectivity index (χ1v) is 5.07. The van der Waals surface area contributed by atoms with E-state index in [1.807, 2.05) is 0 Å². The average molecular weight is 268 g/mol. The van der Waals surface area contributed by atoms with Crippen LogP contribution >= 0.6 is 11.6 Å². The Morgan fingerprint density at radius 1 is 1.53 bits per heavy atom. The van der Waals surface area contributed by atoms with Gasteiger partial charge in [-0.1, -0.05) is 0 Å². The molecule has 0 aromatic carbocycles. The van der Waals surface area contributed by atoms with Crippen molar-refractivity contribution in [3.63, 3.8) is 0 Å². The Bertz CT molecular complexity index is 422. The minimum Gasteiger partial charge on any atom is -0.356 e. The fourth-order valence-electron chi connectivity index (χ4n) is 1.19. The molecule has 0 saturated carbocycles. The van der Waals surface area contributed by atoms with Gasteiger partial charge in [0.2, 0.25) is 11.2 Å². The summed E-state index contributed by atoms with van der Waals surface area (Å²) in [7, 11) is 0. The number of halogens is 4. The van der Waals surface area contributed by atoms with Crippen LogP contribution in [0, 0.1) is 0 Å². The minimum atomic E-state index is -4.66. The van der Waals surface area contributed by atoms with Crippen LogP contribution in [0.5, 0.6) is 0 Å². The van der Waals surface area contributed by atoms with Crippen LogP contribution in [0.25, 0.3) is 0 Å². The van der Waals surface area contributed by atoms with Crippen LogP contribution in [0.3, 0.4) is 0 Å². The number of hydrogen-bond acceptors (Lipinski definition) is 3. The molecule has 1 aromatic rings. The zero-order chi connectivity index (χ0) is 13.1. The summed E-state index contributed by atoms with van der Waals surface area (Å²) in [5.41, 5.74) is -1.48. The molecule has 0 fully saturated rings. The van der Waals surface area contributed by atoms with Crippen LogP contribution < -0.4 is 5.32 Å². The normalized spacial score (nSPS) is 11.4. The molecule has 0 aliphatic carbocycles. The zero-order valence-electron chi connectivity index (χ0n) is 8.81. The van der Waals surface area contributed by atoms with Crippen molar-refractivity contribution in [3.05, 3.63) is 22.7 Å². The molecule has 1 N–H and O–H groups in total. The quantitative estimate of drug-likeness (QED) is 0.850. The van der Waals surface area contributed by atoms with Crippen molar-refractivity contribution >= 4 is 17.5 Å². The summed E-state index contributed by atoms with van der Waals surface area (Å²) in [6, 6.07) is 0. The standard InChI is InChI=1S/C9H9ClF3N3O/c1-2-14-6(17)3-5-4-15-8(10)16-7(5)9(11,12)13/h4H,2-3H2,1H3,(H,14,17). The third-order valence-electron chi connectivity index (χ3n) is 1.83. The molecule has 0 bridgehead atoms. The Labute approximate surface area is 100 Å². The van der Waals surface area contributed by atoms with Crippen molar-refractivity contribution in [2.24, 2.45) is 0 Å². The smallest absolute Gasteiger partial charge is 0.356 e. The number of rotatable bonds is 3. The van der Waals surface area contributed by atoms with Crippen molar-refractivity contribution in [2.45, 2.75) is 19.5 Å². The van der Waals surface area contributed by atoms with Crippen molar-refractivity contribution < 1.29 is 18.0 Å². The van der Waals surface area contributed by atoms with Gasteiger partial charge in [0, 0.05) is 18.3 Å². The molecular formula is C9H9ClF3N3O. The van der Waals surface area contributed by atoms with E-state index >= 15 is 0 Å². The third-order valence-corrected chi connectivity index (χ3v) is 2.01. The average Bonchev–Trinajstić information content (AvgIpc) is 2.19. The second-order valence-corrected chi connectivity index (χ2v) is 3.48. The first-order chi connectivity index (χ1) is 7.84. The van der Waals surface area contributed by atoms with E-state index in [0.29, 0.717) is 6.54 Å². The zero-order valence-corrected chi connectivity index (χ0v) is 9.56. The number of amides is 1. The Hall–Kier alpha value is -1.37. The van der Waals surface area contributed by atoms with Crippen LogP contribution in [0.2, 0.25) is 5.28 Å². The maximum Gasteiger partial charge on any atom is 0.433 e. The lowest BCUT2D eigenvalue weighted by molar-refractivity contribution is -0.142. The van der Waals surface area contributed by atoms with Crippen LogP contribution in [0.15, 0.2) is 6.20 Å². The van der Waals surface area contributed by atoms with E-state index in [0.717, 1.165) is 6.20 Å². The lowest BCUT2D eigenvalue weighted by Crippen LogP contribution is -2.26. The minimum absolute atomic E-state index is 0.298. The highest BCUT2D eigenvalue weighted by Gasteiger charge is 2.36. The monoisotopic (exact) mass is 267 g/mol. The van der Waals surface area contributed by atoms with Crippen LogP contribution in [0.1, 0.15) is 18.2 Å². The van der Waals surface area contributed by atoms with Crippen molar-refractivity contribution in [3.8, 4) is 0 Å². The van der Waals surface area contributed by atoms with Gasteiger partial charge in [-0.05, 0) is 18.5 Å². The molecule has 0 unspecified atom stereocenters. The maximum absolute atomic E-state index is 12.6. The fourth-order valence-corrected chi connectivity index (χ4v) is 1.33. The molecule has 0 atom stereocenters. The summed E-state index contributed by atoms with van der Waals surface area (Å²) in [4.78, 5) is 17.8. The van der Waals surface area contributed by atoms with Gasteiger partial charge in [0.25, 0.3) is 0 Å². The predicted octanol–water partition coefficient (Wildman–Crippen LogP) is 1.83. The summed E-state index contributed by atoms with van der Waals surface area (Å²) < 4.78 is 37.8. The van der Waals surface area contributed by atoms with Crippen LogP contribution in [-0.2, 0) is 17.4 Å². The fraction of sp³-hybridized carbons (Fsp3) is 0.444. The Morgan fingerprint density at radius 3 is 2.71 bits per heavy atom. The van der Waals surface area contributed by atoms with Gasteiger partial charge in [0.1, 0.15) is 0 Å². The number of nitrogens with one attached hydrogen (secondary N) is 1. The Kier molecular flexibility index (Phi) is 4.28. The highest BCUT2D eigenvalue weighted by molar-refractivity contribution is 6.28. The molecule has 1 amide bonds. The Balaban J connectivity index is 3.03. The molecule has 1 aromatic heterocycles. The van der Waals surface area contributed by atoms with Gasteiger partial charge < -0.3 is 5.32 Å². The molecular weight excluding hydrogens is 259 g/mol. The SMILES string of the molecule is CCNC(=O)Cc1cnc(Cl)nc1C(F)(F)F. The van der Waals surface area contributed by atoms with Crippen LogP contribution in [0.4, 0.5) is 13.2 Å². The summed E-state index contributed by atoms with van der Waals surface area (Å²) in [6.07, 6.45) is -4.18. The van der Waals surface area contributed by atoms with Gasteiger partial charge in [-0.25, -0.2) is 9.97 Å². The molecule has 0 aliphatic heterocycles. The van der Waals surface area contributed by atoms with E-state index in [9.17, 15) is 18.0 Å². The van der Waals surface area contributed by atoms with Crippen molar-refractivity contribution in [2.75, 3.05) is 6.54 Å². The summed E-state index contributed by atoms with van der Waals surface area (Å²) in [6.45, 7) is 2.01. The molecule has 8 heteroatoms. The number of alkyl halides is 3. The van der Waals surface area contributed by atoms with E-state index < -0.39 is 29.5 Å². The first-order valence-electron chi connectivity index (χ1n) is 4.70. The van der Waals surface area contributed by atoms with Gasteiger partial charge >= 0.3 is 6.18 Å². The number of likely N-dealkylation sites (N-methyl/N-ethyl adjacent to an activating group) is 1. The summed E-state index contributed by atoms with van der Waals surface area (Å²) >= 11 is 5.30. The molecule has 4 nitrogen and oxygen atoms in total. The van der Waals surface area contributed by atoms with E-state index in [2.05, 4.69) is 15.3 Å². The third kappa shape index (κ3) is 3.85. The van der Waals surface area contributed by atoms with E-state index in [4.69, 9.17) is 11.6 Å². The van der Waals surface area contributed by atoms with Gasteiger partial charge in [0.15, 0.2) is 5.69 Å². The lowest BCUT2D eigenvalue weighted by Gasteiger charge is -2.11. The number of carbonyl (C=O) groups excluding carboxylic acids is 1. The van der Waals surface area contributed by atoms with Gasteiger partial charge in [-0.2, -0.15) is 13.2 Å². The van der Waals surface area contributed by atoms with Gasteiger partial charge in [-0.3, -0.25) is 4.79 Å². The second-order valence-electron chi connectivity index (χ2n) is 3.14. The van der Waals surface area contributed by atoms with E-state index in [-0.39, 0.29) is 5.56 Å². The second kappa shape index (κ2) is 5.31. The molecule has 17 heavy (non-hydrogen) atoms. The largest absolute Gasteiger partial charge is 0.433 e. The van der Waals surface area contributed by atoms with E-state index in [1.54, 1.807) is 6.92 Å². The highest BCUT2D eigenvalue weighted by atomic mass is 35.5. The maximum atomic E-state index is 12.6. The molecule has 1 heterocycles. The predicted molar refractivity (Wildman–Crippen MR) is 54.4 cm³/mol. The van der Waals surface area contributed by atoms with Crippen LogP contribution in [-0.4, -0.2) is 22.4 Å². The Morgan fingerprint density at radius 2 is 2.18 bits per heavy atom. The number of nitrogens with zero attached hydrogens (tertiary/aromatic N) is 2. The molecule has 0 saturated heterocycles. The lowest BCUT2D eigenvalue weighted by atomic mass is 10.1.